The van der Waals surface area contributed by atoms with Gasteiger partial charge in [-0.25, -0.2) is 0 Å². The van der Waals surface area contributed by atoms with E-state index in [0.29, 0.717) is 17.0 Å². The maximum absolute atomic E-state index is 12.3. The quantitative estimate of drug-likeness (QED) is 0.903. The lowest BCUT2D eigenvalue weighted by atomic mass is 9.94. The Morgan fingerprint density at radius 3 is 2.30 bits per heavy atom. The summed E-state index contributed by atoms with van der Waals surface area (Å²) in [4.78, 5) is 12.3. The summed E-state index contributed by atoms with van der Waals surface area (Å²) in [5, 5.41) is 13.7. The lowest BCUT2D eigenvalue weighted by molar-refractivity contribution is -0.123. The molecule has 2 rings (SSSR count). The van der Waals surface area contributed by atoms with Crippen molar-refractivity contribution in [3.63, 3.8) is 0 Å². The molecule has 0 unspecified atom stereocenters. The van der Waals surface area contributed by atoms with Crippen LogP contribution in [-0.4, -0.2) is 18.1 Å². The second-order valence-electron chi connectivity index (χ2n) is 6.44. The van der Waals surface area contributed by atoms with Crippen molar-refractivity contribution in [3.8, 4) is 5.75 Å². The van der Waals surface area contributed by atoms with Crippen LogP contribution in [0.5, 0.6) is 5.75 Å². The van der Waals surface area contributed by atoms with E-state index in [-0.39, 0.29) is 5.91 Å². The topological polar surface area (TPSA) is 58.6 Å². The first kappa shape index (κ1) is 17.0. The van der Waals surface area contributed by atoms with E-state index in [1.807, 2.05) is 51.1 Å². The Kier molecular flexibility index (Phi) is 5.06. The number of hydrogen-bond donors (Lipinski definition) is 2. The summed E-state index contributed by atoms with van der Waals surface area (Å²) in [5.74, 6) is 0.417. The van der Waals surface area contributed by atoms with Crippen LogP contribution in [0.2, 0.25) is 0 Å². The Labute approximate surface area is 137 Å². The van der Waals surface area contributed by atoms with E-state index in [2.05, 4.69) is 5.32 Å². The molecule has 0 aliphatic heterocycles. The van der Waals surface area contributed by atoms with E-state index in [9.17, 15) is 9.90 Å². The van der Waals surface area contributed by atoms with Crippen LogP contribution in [0.3, 0.4) is 0 Å². The van der Waals surface area contributed by atoms with Crippen molar-refractivity contribution in [1.29, 1.82) is 0 Å². The molecule has 0 spiro atoms. The molecule has 2 aromatic carbocycles. The van der Waals surface area contributed by atoms with E-state index in [1.165, 1.54) is 0 Å². The molecule has 4 nitrogen and oxygen atoms in total. The van der Waals surface area contributed by atoms with Gasteiger partial charge in [-0.3, -0.25) is 4.79 Å². The number of aliphatic hydroxyl groups excluding tert-OH is 1. The molecular formula is C19H23NO3. The zero-order chi connectivity index (χ0) is 17.0. The highest BCUT2D eigenvalue weighted by atomic mass is 16.5. The van der Waals surface area contributed by atoms with Gasteiger partial charge >= 0.3 is 0 Å². The summed E-state index contributed by atoms with van der Waals surface area (Å²) in [5.41, 5.74) is 1.32. The third-order valence-corrected chi connectivity index (χ3v) is 3.60. The predicted octanol–water partition coefficient (Wildman–Crippen LogP) is 3.76. The van der Waals surface area contributed by atoms with Gasteiger partial charge in [0.05, 0.1) is 18.4 Å². The lowest BCUT2D eigenvalue weighted by Crippen LogP contribution is -2.28. The molecule has 2 N–H and O–H groups in total. The number of anilines is 1. The van der Waals surface area contributed by atoms with E-state index in [4.69, 9.17) is 4.74 Å². The molecule has 0 radical (unpaired) electrons. The van der Waals surface area contributed by atoms with Gasteiger partial charge in [0.2, 0.25) is 5.91 Å². The molecule has 0 saturated carbocycles. The van der Waals surface area contributed by atoms with Crippen LogP contribution in [0, 0.1) is 5.41 Å². The Morgan fingerprint density at radius 1 is 1.09 bits per heavy atom. The minimum atomic E-state index is -0.886. The second-order valence-corrected chi connectivity index (χ2v) is 6.44. The fraction of sp³-hybridized carbons (Fsp3) is 0.316. The highest BCUT2D eigenvalue weighted by Crippen LogP contribution is 2.36. The molecule has 0 bridgehead atoms. The molecule has 4 heteroatoms. The van der Waals surface area contributed by atoms with Gasteiger partial charge in [0.25, 0.3) is 0 Å². The molecule has 0 aromatic heterocycles. The van der Waals surface area contributed by atoms with Crippen molar-refractivity contribution in [2.75, 3.05) is 12.4 Å². The standard InChI is InChI=1S/C19H23NO3/c1-19(2,3)18(22)20-14-11-8-12-15(23-4)16(14)17(21)13-9-6-5-7-10-13/h5-12,17,21H,1-4H3,(H,20,22)/t17-/m0/s1. The van der Waals surface area contributed by atoms with E-state index < -0.39 is 11.5 Å². The Balaban J connectivity index is 2.46. The minimum Gasteiger partial charge on any atom is -0.496 e. The number of carbonyl (C=O) groups excluding carboxylic acids is 1. The van der Waals surface area contributed by atoms with Gasteiger partial charge < -0.3 is 15.2 Å². The van der Waals surface area contributed by atoms with Crippen LogP contribution >= 0.6 is 0 Å². The fourth-order valence-electron chi connectivity index (χ4n) is 2.22. The van der Waals surface area contributed by atoms with E-state index >= 15 is 0 Å². The molecule has 23 heavy (non-hydrogen) atoms. The van der Waals surface area contributed by atoms with Crippen molar-refractivity contribution in [1.82, 2.24) is 0 Å². The van der Waals surface area contributed by atoms with Gasteiger partial charge in [-0.05, 0) is 17.7 Å². The summed E-state index contributed by atoms with van der Waals surface area (Å²) < 4.78 is 5.38. The predicted molar refractivity (Wildman–Crippen MR) is 91.6 cm³/mol. The maximum Gasteiger partial charge on any atom is 0.229 e. The van der Waals surface area contributed by atoms with Gasteiger partial charge in [0.1, 0.15) is 11.9 Å². The summed E-state index contributed by atoms with van der Waals surface area (Å²) >= 11 is 0. The maximum atomic E-state index is 12.3. The van der Waals surface area contributed by atoms with Crippen molar-refractivity contribution in [2.24, 2.45) is 5.41 Å². The van der Waals surface area contributed by atoms with Crippen LogP contribution in [0.4, 0.5) is 5.69 Å². The third kappa shape index (κ3) is 3.90. The average Bonchev–Trinajstić information content (AvgIpc) is 2.54. The normalized spacial score (nSPS) is 12.6. The Bertz CT molecular complexity index is 675. The molecule has 0 saturated heterocycles. The molecule has 1 atom stereocenters. The average molecular weight is 313 g/mol. The molecule has 0 heterocycles. The first-order chi connectivity index (χ1) is 10.8. The van der Waals surface area contributed by atoms with Crippen molar-refractivity contribution in [3.05, 3.63) is 59.7 Å². The summed E-state index contributed by atoms with van der Waals surface area (Å²) in [6.07, 6.45) is -0.886. The van der Waals surface area contributed by atoms with Gasteiger partial charge in [-0.2, -0.15) is 0 Å². The van der Waals surface area contributed by atoms with Crippen LogP contribution in [0.15, 0.2) is 48.5 Å². The number of carbonyl (C=O) groups is 1. The molecule has 0 aliphatic rings. The number of hydrogen-bond acceptors (Lipinski definition) is 3. The van der Waals surface area contributed by atoms with Gasteiger partial charge in [-0.1, -0.05) is 57.2 Å². The zero-order valence-corrected chi connectivity index (χ0v) is 14.0. The summed E-state index contributed by atoms with van der Waals surface area (Å²) in [6, 6.07) is 14.6. The van der Waals surface area contributed by atoms with Crippen LogP contribution < -0.4 is 10.1 Å². The highest BCUT2D eigenvalue weighted by Gasteiger charge is 2.25. The van der Waals surface area contributed by atoms with Crippen LogP contribution in [0.1, 0.15) is 38.0 Å². The van der Waals surface area contributed by atoms with Crippen molar-refractivity contribution >= 4 is 11.6 Å². The van der Waals surface area contributed by atoms with Crippen LogP contribution in [0.25, 0.3) is 0 Å². The zero-order valence-electron chi connectivity index (χ0n) is 14.0. The number of aliphatic hydroxyl groups is 1. The lowest BCUT2D eigenvalue weighted by Gasteiger charge is -2.23. The van der Waals surface area contributed by atoms with Crippen molar-refractivity contribution in [2.45, 2.75) is 26.9 Å². The molecule has 0 aliphatic carbocycles. The summed E-state index contributed by atoms with van der Waals surface area (Å²) in [6.45, 7) is 5.53. The first-order valence-corrected chi connectivity index (χ1v) is 7.56. The van der Waals surface area contributed by atoms with Crippen molar-refractivity contribution < 1.29 is 14.6 Å². The molecule has 2 aromatic rings. The smallest absolute Gasteiger partial charge is 0.229 e. The number of benzene rings is 2. The largest absolute Gasteiger partial charge is 0.496 e. The number of amides is 1. The van der Waals surface area contributed by atoms with Gasteiger partial charge in [0, 0.05) is 5.41 Å². The molecular weight excluding hydrogens is 290 g/mol. The Hall–Kier alpha value is -2.33. The Morgan fingerprint density at radius 2 is 1.74 bits per heavy atom. The number of ether oxygens (including phenoxy) is 1. The third-order valence-electron chi connectivity index (χ3n) is 3.60. The molecule has 122 valence electrons. The van der Waals surface area contributed by atoms with Gasteiger partial charge in [0.15, 0.2) is 0 Å². The van der Waals surface area contributed by atoms with Crippen LogP contribution in [-0.2, 0) is 4.79 Å². The highest BCUT2D eigenvalue weighted by molar-refractivity contribution is 5.95. The minimum absolute atomic E-state index is 0.118. The molecule has 0 fully saturated rings. The van der Waals surface area contributed by atoms with Gasteiger partial charge in [-0.15, -0.1) is 0 Å². The fourth-order valence-corrected chi connectivity index (χ4v) is 2.22. The molecule has 1 amide bonds. The first-order valence-electron chi connectivity index (χ1n) is 7.56. The van der Waals surface area contributed by atoms with E-state index in [1.54, 1.807) is 25.3 Å². The summed E-state index contributed by atoms with van der Waals surface area (Å²) in [7, 11) is 1.55. The van der Waals surface area contributed by atoms with E-state index in [0.717, 1.165) is 5.56 Å². The monoisotopic (exact) mass is 313 g/mol. The SMILES string of the molecule is COc1cccc(NC(=O)C(C)(C)C)c1[C@@H](O)c1ccccc1. The second kappa shape index (κ2) is 6.84. The number of rotatable bonds is 4. The number of nitrogens with one attached hydrogen (secondary N) is 1. The number of methoxy groups -OCH3 is 1.